The minimum Gasteiger partial charge on any atom is -0.477 e. The number of aliphatic carboxylic acids is 1. The number of aliphatic hydroxyl groups is 8. The number of hydrogen-bond acceptors (Lipinski definition) is 23. The Kier molecular flexibility index (Phi) is 18.2. The van der Waals surface area contributed by atoms with E-state index in [1.807, 2.05) is 0 Å². The molecule has 0 unspecified atom stereocenters. The molecule has 5 heterocycles. The molecule has 0 saturated carbocycles. The Bertz CT molecular complexity index is 1730. The van der Waals surface area contributed by atoms with Crippen LogP contribution < -0.4 is 11.1 Å². The second-order valence-electron chi connectivity index (χ2n) is 16.8. The molecule has 1 aromatic rings. The third-order valence-corrected chi connectivity index (χ3v) is 12.0. The van der Waals surface area contributed by atoms with Crippen LogP contribution in [0.3, 0.4) is 0 Å². The molecule has 1 amide bonds. The monoisotopic (exact) mass is 950 g/mol. The minimum absolute atomic E-state index is 0.0811. The molecule has 6 rings (SSSR count). The zero-order chi connectivity index (χ0) is 48.0. The summed E-state index contributed by atoms with van der Waals surface area (Å²) >= 11 is 0. The van der Waals surface area contributed by atoms with Gasteiger partial charge in [-0.3, -0.25) is 4.79 Å². The molecule has 25 heteroatoms. The molecule has 25 nitrogen and oxygen atoms in total. The lowest BCUT2D eigenvalue weighted by atomic mass is 9.93. The van der Waals surface area contributed by atoms with Crippen LogP contribution in [0.15, 0.2) is 30.3 Å². The third-order valence-electron chi connectivity index (χ3n) is 12.0. The van der Waals surface area contributed by atoms with Crippen LogP contribution in [0.2, 0.25) is 0 Å². The lowest BCUT2D eigenvalue weighted by Crippen LogP contribution is -2.72. The Balaban J connectivity index is 1.17. The van der Waals surface area contributed by atoms with E-state index in [1.54, 1.807) is 18.2 Å². The fraction of sp³-hybridized carbons (Fsp3) is 0.780. The van der Waals surface area contributed by atoms with Crippen LogP contribution in [-0.4, -0.2) is 225 Å². The third kappa shape index (κ3) is 11.6. The number of rotatable bonds is 18. The Morgan fingerprint density at radius 3 is 2.02 bits per heavy atom. The maximum Gasteiger partial charge on any atom is 0.364 e. The first kappa shape index (κ1) is 52.2. The number of unbranched alkanes of at least 4 members (excludes halogenated alkanes) is 2. The number of fused-ring (bicyclic) bond motifs is 1. The number of ether oxygens (including phenoxy) is 11. The average Bonchev–Trinajstić information content (AvgIpc) is 3.29. The van der Waals surface area contributed by atoms with E-state index in [4.69, 9.17) is 57.8 Å². The molecule has 1 aromatic carbocycles. The summed E-state index contributed by atoms with van der Waals surface area (Å²) in [5.74, 6) is -5.37. The van der Waals surface area contributed by atoms with Crippen LogP contribution in [0.5, 0.6) is 0 Å². The van der Waals surface area contributed by atoms with Crippen molar-refractivity contribution in [3.63, 3.8) is 0 Å². The van der Waals surface area contributed by atoms with Crippen LogP contribution in [0.1, 0.15) is 50.4 Å². The van der Waals surface area contributed by atoms with Crippen molar-refractivity contribution in [1.82, 2.24) is 5.32 Å². The fourth-order valence-electron chi connectivity index (χ4n) is 8.32. The summed E-state index contributed by atoms with van der Waals surface area (Å²) in [7, 11) is 0. The number of carboxylic acids is 1. The highest BCUT2D eigenvalue weighted by Crippen LogP contribution is 2.38. The highest BCUT2D eigenvalue weighted by Gasteiger charge is 2.59. The molecule has 0 aliphatic carbocycles. The first-order valence-electron chi connectivity index (χ1n) is 21.7. The van der Waals surface area contributed by atoms with Crippen molar-refractivity contribution in [3.8, 4) is 0 Å². The summed E-state index contributed by atoms with van der Waals surface area (Å²) in [6.07, 6.45) is -28.7. The Labute approximate surface area is 378 Å². The van der Waals surface area contributed by atoms with E-state index in [1.165, 1.54) is 19.1 Å². The SMILES string of the molecule is CC(=O)N[C@H]1[C@H](O[C@H]2[C@@H](O)[C@@H](CO)O[C@H](O[C@@H]3[C@@H](O)[C@@H](O)[C@@H](O[C@H]4[C@H](O)[C@@H](O)[C@H](OCCCCCN)O[C@@H]4CO)O[C@H]3C)[C@@H]2O)O[C@@H]2CO[C@](C)(C(=O)O)O[C@H]2[C@@H]1OC(=O)c1ccccc1. The van der Waals surface area contributed by atoms with Crippen molar-refractivity contribution in [2.75, 3.05) is 33.0 Å². The molecule has 0 spiro atoms. The second-order valence-corrected chi connectivity index (χ2v) is 16.8. The van der Waals surface area contributed by atoms with Gasteiger partial charge in [-0.25, -0.2) is 9.59 Å². The molecular weight excluding hydrogens is 888 g/mol. The molecule has 5 aliphatic rings. The molecule has 374 valence electrons. The molecule has 12 N–H and O–H groups in total. The highest BCUT2D eigenvalue weighted by molar-refractivity contribution is 5.89. The smallest absolute Gasteiger partial charge is 0.364 e. The Morgan fingerprint density at radius 1 is 0.742 bits per heavy atom. The number of carboxylic acid groups (broad SMARTS) is 1. The summed E-state index contributed by atoms with van der Waals surface area (Å²) in [6, 6.07) is 6.17. The van der Waals surface area contributed by atoms with Gasteiger partial charge in [0.05, 0.1) is 31.5 Å². The van der Waals surface area contributed by atoms with Gasteiger partial charge in [-0.15, -0.1) is 0 Å². The van der Waals surface area contributed by atoms with Crippen LogP contribution in [0.4, 0.5) is 0 Å². The average molecular weight is 951 g/mol. The number of benzene rings is 1. The van der Waals surface area contributed by atoms with Gasteiger partial charge in [0.15, 0.2) is 31.3 Å². The first-order chi connectivity index (χ1) is 31.4. The van der Waals surface area contributed by atoms with Gasteiger partial charge in [-0.2, -0.15) is 0 Å². The van der Waals surface area contributed by atoms with E-state index in [-0.39, 0.29) is 12.2 Å². The molecular formula is C41H62N2O23. The molecule has 0 bridgehead atoms. The van der Waals surface area contributed by atoms with Crippen LogP contribution in [0, 0.1) is 0 Å². The highest BCUT2D eigenvalue weighted by atomic mass is 16.8. The zero-order valence-corrected chi connectivity index (χ0v) is 36.4. The first-order valence-corrected chi connectivity index (χ1v) is 21.7. The van der Waals surface area contributed by atoms with E-state index in [0.717, 1.165) is 26.7 Å². The number of amides is 1. The molecule has 0 aromatic heterocycles. The largest absolute Gasteiger partial charge is 0.477 e. The van der Waals surface area contributed by atoms with E-state index in [2.05, 4.69) is 5.32 Å². The van der Waals surface area contributed by atoms with Gasteiger partial charge in [-0.1, -0.05) is 18.2 Å². The maximum absolute atomic E-state index is 13.5. The summed E-state index contributed by atoms with van der Waals surface area (Å²) in [5.41, 5.74) is 5.59. The summed E-state index contributed by atoms with van der Waals surface area (Å²) < 4.78 is 64.0. The van der Waals surface area contributed by atoms with E-state index in [9.17, 15) is 60.3 Å². The Morgan fingerprint density at radius 2 is 1.36 bits per heavy atom. The molecule has 0 radical (unpaired) electrons. The van der Waals surface area contributed by atoms with Crippen LogP contribution in [-0.2, 0) is 61.7 Å². The minimum atomic E-state index is -2.24. The molecule has 5 saturated heterocycles. The summed E-state index contributed by atoms with van der Waals surface area (Å²) in [5, 5.41) is 100. The normalized spacial score (nSPS) is 42.8. The standard InChI is InChI=1S/C41H62N2O23/c1-17-30(25(48)28(51)38(58-17)64-31-21(15-45)60-37(27(50)26(31)49)56-13-9-5-8-12-42)63-39-29(52)34(24(47)20(14-44)59-39)65-36-23(43-18(2)46)33(62-35(53)19-10-6-4-7-11-19)32-22(61-36)16-57-41(3,66-32)40(54)55/h4,6-7,10-11,17,20-34,36-39,44-45,47-52H,5,8-9,12-16,42H2,1-3H3,(H,43,46)(H,54,55)/t17-,20+,21+,22+,23+,24-,25-,26+,27+,28+,29+,30-,31+,32+,33+,34-,36-,37+,38+,39+,41-/m0/s1. The quantitative estimate of drug-likeness (QED) is 0.0486. The predicted octanol–water partition coefficient (Wildman–Crippen LogP) is -4.70. The van der Waals surface area contributed by atoms with E-state index < -0.39 is 166 Å². The second kappa shape index (κ2) is 23.0. The number of carbonyl (C=O) groups is 3. The fourth-order valence-corrected chi connectivity index (χ4v) is 8.32. The topological polar surface area (TPSA) is 373 Å². The lowest BCUT2D eigenvalue weighted by Gasteiger charge is -2.52. The van der Waals surface area contributed by atoms with Gasteiger partial charge in [0.25, 0.3) is 5.79 Å². The van der Waals surface area contributed by atoms with Gasteiger partial charge in [0.1, 0.15) is 85.4 Å². The Hall–Kier alpha value is -3.13. The van der Waals surface area contributed by atoms with Crippen LogP contribution >= 0.6 is 0 Å². The molecule has 21 atom stereocenters. The summed E-state index contributed by atoms with van der Waals surface area (Å²) in [6.45, 7) is 2.23. The van der Waals surface area contributed by atoms with E-state index in [0.29, 0.717) is 13.0 Å². The van der Waals surface area contributed by atoms with Gasteiger partial charge in [0.2, 0.25) is 5.91 Å². The predicted molar refractivity (Wildman–Crippen MR) is 214 cm³/mol. The van der Waals surface area contributed by atoms with Gasteiger partial charge in [0, 0.05) is 20.5 Å². The van der Waals surface area contributed by atoms with Gasteiger partial charge in [-0.05, 0) is 44.9 Å². The number of aliphatic hydroxyl groups excluding tert-OH is 8. The van der Waals surface area contributed by atoms with Gasteiger partial charge >= 0.3 is 11.9 Å². The number of carbonyl (C=O) groups excluding carboxylic acids is 2. The van der Waals surface area contributed by atoms with Crippen LogP contribution in [0.25, 0.3) is 0 Å². The van der Waals surface area contributed by atoms with Crippen molar-refractivity contribution in [2.45, 2.75) is 169 Å². The van der Waals surface area contributed by atoms with Crippen molar-refractivity contribution in [2.24, 2.45) is 5.73 Å². The van der Waals surface area contributed by atoms with Crippen molar-refractivity contribution in [1.29, 1.82) is 0 Å². The van der Waals surface area contributed by atoms with Gasteiger partial charge < -0.3 is 109 Å². The molecule has 5 fully saturated rings. The lowest BCUT2D eigenvalue weighted by molar-refractivity contribution is -0.393. The van der Waals surface area contributed by atoms with Crippen molar-refractivity contribution >= 4 is 17.8 Å². The number of esters is 1. The van der Waals surface area contributed by atoms with Crippen molar-refractivity contribution < 1.29 is 112 Å². The number of hydrogen-bond donors (Lipinski definition) is 11. The zero-order valence-electron chi connectivity index (χ0n) is 36.4. The maximum atomic E-state index is 13.5. The summed E-state index contributed by atoms with van der Waals surface area (Å²) in [4.78, 5) is 38.4. The van der Waals surface area contributed by atoms with Crippen molar-refractivity contribution in [3.05, 3.63) is 35.9 Å². The molecule has 5 aliphatic heterocycles. The van der Waals surface area contributed by atoms with E-state index >= 15 is 0 Å². The number of nitrogens with one attached hydrogen (secondary N) is 1. The number of nitrogens with two attached hydrogens (primary N) is 1. The molecule has 66 heavy (non-hydrogen) atoms.